The Morgan fingerprint density at radius 1 is 1.29 bits per heavy atom. The Balaban J connectivity index is 1.65. The van der Waals surface area contributed by atoms with Crippen LogP contribution in [0.2, 0.25) is 0 Å². The topological polar surface area (TPSA) is 81.4 Å². The molecule has 108 valence electrons. The molecular formula is C15H14N2O4. The van der Waals surface area contributed by atoms with Crippen molar-refractivity contribution in [2.45, 2.75) is 20.4 Å². The molecule has 0 saturated heterocycles. The summed E-state index contributed by atoms with van der Waals surface area (Å²) >= 11 is 0. The summed E-state index contributed by atoms with van der Waals surface area (Å²) in [5.41, 5.74) is 1.15. The van der Waals surface area contributed by atoms with Gasteiger partial charge in [-0.1, -0.05) is 5.16 Å². The van der Waals surface area contributed by atoms with Crippen LogP contribution in [0.25, 0.3) is 11.5 Å². The largest absolute Gasteiger partial charge is 0.466 e. The second kappa shape index (κ2) is 5.32. The number of hydrogen-bond acceptors (Lipinski definition) is 5. The van der Waals surface area contributed by atoms with E-state index in [2.05, 4.69) is 10.5 Å². The summed E-state index contributed by atoms with van der Waals surface area (Å²) in [7, 11) is 0. The highest BCUT2D eigenvalue weighted by atomic mass is 16.5. The average molecular weight is 286 g/mol. The molecule has 6 heteroatoms. The third-order valence-electron chi connectivity index (χ3n) is 3.04. The van der Waals surface area contributed by atoms with E-state index in [0.717, 1.165) is 0 Å². The van der Waals surface area contributed by atoms with Crippen molar-refractivity contribution in [2.75, 3.05) is 0 Å². The van der Waals surface area contributed by atoms with E-state index in [1.54, 1.807) is 44.4 Å². The van der Waals surface area contributed by atoms with Gasteiger partial charge in [0.25, 0.3) is 5.91 Å². The second-order valence-corrected chi connectivity index (χ2v) is 4.67. The number of furan rings is 2. The van der Waals surface area contributed by atoms with Crippen molar-refractivity contribution in [3.05, 3.63) is 53.3 Å². The fraction of sp³-hybridized carbons (Fsp3) is 0.200. The van der Waals surface area contributed by atoms with Crippen molar-refractivity contribution in [1.29, 1.82) is 0 Å². The van der Waals surface area contributed by atoms with Gasteiger partial charge in [0.15, 0.2) is 5.76 Å². The molecule has 0 atom stereocenters. The van der Waals surface area contributed by atoms with Gasteiger partial charge in [0.05, 0.1) is 18.4 Å². The van der Waals surface area contributed by atoms with Crippen LogP contribution in [0.15, 0.2) is 43.9 Å². The molecule has 0 aliphatic rings. The second-order valence-electron chi connectivity index (χ2n) is 4.67. The van der Waals surface area contributed by atoms with Crippen LogP contribution in [0.5, 0.6) is 0 Å². The number of hydrogen-bond donors (Lipinski definition) is 1. The third-order valence-corrected chi connectivity index (χ3v) is 3.04. The molecule has 0 spiro atoms. The molecule has 3 aromatic rings. The number of rotatable bonds is 4. The fourth-order valence-electron chi connectivity index (χ4n) is 2.05. The van der Waals surface area contributed by atoms with Crippen molar-refractivity contribution in [2.24, 2.45) is 0 Å². The quantitative estimate of drug-likeness (QED) is 0.797. The molecule has 0 aromatic carbocycles. The van der Waals surface area contributed by atoms with Gasteiger partial charge in [-0.15, -0.1) is 0 Å². The van der Waals surface area contributed by atoms with Crippen molar-refractivity contribution in [3.63, 3.8) is 0 Å². The minimum Gasteiger partial charge on any atom is -0.466 e. The van der Waals surface area contributed by atoms with Crippen LogP contribution in [-0.2, 0) is 6.54 Å². The number of nitrogens with zero attached hydrogens (tertiary/aromatic N) is 1. The molecular weight excluding hydrogens is 272 g/mol. The Morgan fingerprint density at radius 3 is 2.81 bits per heavy atom. The van der Waals surface area contributed by atoms with Gasteiger partial charge in [-0.2, -0.15) is 0 Å². The number of carbonyl (C=O) groups excluding carboxylic acids is 1. The number of amides is 1. The number of aryl methyl sites for hydroxylation is 2. The maximum absolute atomic E-state index is 12.0. The highest BCUT2D eigenvalue weighted by Crippen LogP contribution is 2.20. The van der Waals surface area contributed by atoms with E-state index in [0.29, 0.717) is 34.3 Å². The number of aromatic nitrogens is 1. The Hall–Kier alpha value is -2.76. The standard InChI is InChI=1S/C15H14N2O4/c1-9-6-12(10(2)20-9)15(18)16-8-11-7-14(21-17-11)13-4-3-5-19-13/h3-7H,8H2,1-2H3,(H,16,18). The van der Waals surface area contributed by atoms with E-state index >= 15 is 0 Å². The van der Waals surface area contributed by atoms with E-state index in [4.69, 9.17) is 13.4 Å². The molecule has 21 heavy (non-hydrogen) atoms. The SMILES string of the molecule is Cc1cc(C(=O)NCc2cc(-c3ccco3)on2)c(C)o1. The van der Waals surface area contributed by atoms with Gasteiger partial charge in [-0.25, -0.2) is 0 Å². The Kier molecular flexibility index (Phi) is 3.35. The first-order valence-corrected chi connectivity index (χ1v) is 6.48. The summed E-state index contributed by atoms with van der Waals surface area (Å²) in [5, 5.41) is 6.67. The molecule has 1 amide bonds. The van der Waals surface area contributed by atoms with Gasteiger partial charge in [0, 0.05) is 6.07 Å². The molecule has 1 N–H and O–H groups in total. The molecule has 3 aromatic heterocycles. The molecule has 0 saturated carbocycles. The fourth-order valence-corrected chi connectivity index (χ4v) is 2.05. The highest BCUT2D eigenvalue weighted by Gasteiger charge is 2.14. The summed E-state index contributed by atoms with van der Waals surface area (Å²) in [6.07, 6.45) is 1.56. The monoisotopic (exact) mass is 286 g/mol. The third kappa shape index (κ3) is 2.74. The van der Waals surface area contributed by atoms with E-state index in [-0.39, 0.29) is 12.5 Å². The smallest absolute Gasteiger partial charge is 0.255 e. The van der Waals surface area contributed by atoms with Crippen molar-refractivity contribution in [3.8, 4) is 11.5 Å². The molecule has 3 heterocycles. The van der Waals surface area contributed by atoms with Crippen LogP contribution in [0.1, 0.15) is 27.6 Å². The Labute approximate surface area is 120 Å². The molecule has 0 radical (unpaired) electrons. The summed E-state index contributed by atoms with van der Waals surface area (Å²) in [5.74, 6) is 2.23. The van der Waals surface area contributed by atoms with Crippen LogP contribution in [0.4, 0.5) is 0 Å². The molecule has 0 unspecified atom stereocenters. The zero-order chi connectivity index (χ0) is 14.8. The van der Waals surface area contributed by atoms with Crippen molar-refractivity contribution in [1.82, 2.24) is 10.5 Å². The van der Waals surface area contributed by atoms with Gasteiger partial charge < -0.3 is 18.7 Å². The Morgan fingerprint density at radius 2 is 2.14 bits per heavy atom. The molecule has 0 aliphatic heterocycles. The lowest BCUT2D eigenvalue weighted by molar-refractivity contribution is 0.0948. The zero-order valence-electron chi connectivity index (χ0n) is 11.7. The first-order chi connectivity index (χ1) is 10.1. The predicted octanol–water partition coefficient (Wildman–Crippen LogP) is 3.07. The van der Waals surface area contributed by atoms with Crippen LogP contribution in [0.3, 0.4) is 0 Å². The van der Waals surface area contributed by atoms with Gasteiger partial charge in [-0.05, 0) is 32.0 Å². The normalized spacial score (nSPS) is 10.8. The van der Waals surface area contributed by atoms with Crippen LogP contribution in [-0.4, -0.2) is 11.1 Å². The summed E-state index contributed by atoms with van der Waals surface area (Å²) in [6.45, 7) is 3.83. The van der Waals surface area contributed by atoms with E-state index in [1.165, 1.54) is 0 Å². The maximum Gasteiger partial charge on any atom is 0.255 e. The van der Waals surface area contributed by atoms with Gasteiger partial charge in [0.1, 0.15) is 17.2 Å². The minimum atomic E-state index is -0.202. The molecule has 3 rings (SSSR count). The molecule has 0 fully saturated rings. The highest BCUT2D eigenvalue weighted by molar-refractivity contribution is 5.95. The van der Waals surface area contributed by atoms with E-state index in [1.807, 2.05) is 0 Å². The zero-order valence-corrected chi connectivity index (χ0v) is 11.7. The van der Waals surface area contributed by atoms with Crippen LogP contribution >= 0.6 is 0 Å². The summed E-state index contributed by atoms with van der Waals surface area (Å²) in [6, 6.07) is 6.98. The van der Waals surface area contributed by atoms with Crippen molar-refractivity contribution < 1.29 is 18.2 Å². The van der Waals surface area contributed by atoms with Crippen LogP contribution < -0.4 is 5.32 Å². The first kappa shape index (κ1) is 13.2. The average Bonchev–Trinajstić information content (AvgIpc) is 3.15. The first-order valence-electron chi connectivity index (χ1n) is 6.48. The molecule has 6 nitrogen and oxygen atoms in total. The summed E-state index contributed by atoms with van der Waals surface area (Å²) in [4.78, 5) is 12.0. The predicted molar refractivity (Wildman–Crippen MR) is 73.6 cm³/mol. The van der Waals surface area contributed by atoms with E-state index in [9.17, 15) is 4.79 Å². The number of carbonyl (C=O) groups is 1. The molecule has 0 aliphatic carbocycles. The van der Waals surface area contributed by atoms with Gasteiger partial charge in [-0.3, -0.25) is 4.79 Å². The lowest BCUT2D eigenvalue weighted by Gasteiger charge is -2.00. The van der Waals surface area contributed by atoms with Crippen molar-refractivity contribution >= 4 is 5.91 Å². The van der Waals surface area contributed by atoms with E-state index < -0.39 is 0 Å². The lowest BCUT2D eigenvalue weighted by Crippen LogP contribution is -2.23. The maximum atomic E-state index is 12.0. The van der Waals surface area contributed by atoms with Crippen LogP contribution in [0, 0.1) is 13.8 Å². The van der Waals surface area contributed by atoms with Gasteiger partial charge >= 0.3 is 0 Å². The number of nitrogens with one attached hydrogen (secondary N) is 1. The Bertz CT molecular complexity index is 753. The summed E-state index contributed by atoms with van der Waals surface area (Å²) < 4.78 is 15.7. The minimum absolute atomic E-state index is 0.202. The van der Waals surface area contributed by atoms with Gasteiger partial charge in [0.2, 0.25) is 5.76 Å². The molecule has 0 bridgehead atoms. The lowest BCUT2D eigenvalue weighted by atomic mass is 10.2.